The van der Waals surface area contributed by atoms with Gasteiger partial charge in [-0.1, -0.05) is 43.7 Å². The number of nitrogens with zero attached hydrogens (tertiary/aromatic N) is 1. The third kappa shape index (κ3) is 4.21. The summed E-state index contributed by atoms with van der Waals surface area (Å²) in [5.41, 5.74) is 3.81. The fourth-order valence-corrected chi connectivity index (χ4v) is 3.57. The van der Waals surface area contributed by atoms with E-state index in [2.05, 4.69) is 31.0 Å². The molecular weight excluding hydrogens is 320 g/mol. The summed E-state index contributed by atoms with van der Waals surface area (Å²) < 4.78 is 0. The SMILES string of the molecule is C/C=C(NC(=O)c1ccccc1Cl)/C(C)=C(\C(C)C)N1CCCC1. The summed E-state index contributed by atoms with van der Waals surface area (Å²) in [5.74, 6) is 0.243. The van der Waals surface area contributed by atoms with Gasteiger partial charge in [0.1, 0.15) is 0 Å². The van der Waals surface area contributed by atoms with Gasteiger partial charge in [-0.05, 0) is 50.3 Å². The lowest BCUT2D eigenvalue weighted by atomic mass is 10.0. The van der Waals surface area contributed by atoms with Crippen LogP contribution < -0.4 is 5.32 Å². The van der Waals surface area contributed by atoms with Gasteiger partial charge in [0.2, 0.25) is 0 Å². The molecule has 1 aromatic rings. The van der Waals surface area contributed by atoms with Crippen LogP contribution in [0.3, 0.4) is 0 Å². The van der Waals surface area contributed by atoms with Crippen LogP contribution in [0.15, 0.2) is 47.3 Å². The molecule has 0 atom stereocenters. The predicted molar refractivity (Wildman–Crippen MR) is 101 cm³/mol. The van der Waals surface area contributed by atoms with Crippen LogP contribution in [0.25, 0.3) is 0 Å². The molecule has 24 heavy (non-hydrogen) atoms. The van der Waals surface area contributed by atoms with E-state index < -0.39 is 0 Å². The Morgan fingerprint density at radius 2 is 1.88 bits per heavy atom. The van der Waals surface area contributed by atoms with E-state index in [9.17, 15) is 4.79 Å². The summed E-state index contributed by atoms with van der Waals surface area (Å²) in [4.78, 5) is 15.0. The van der Waals surface area contributed by atoms with E-state index in [0.717, 1.165) is 24.4 Å². The Hall–Kier alpha value is -1.74. The van der Waals surface area contributed by atoms with E-state index in [1.54, 1.807) is 12.1 Å². The van der Waals surface area contributed by atoms with E-state index in [1.807, 2.05) is 25.1 Å². The van der Waals surface area contributed by atoms with E-state index in [-0.39, 0.29) is 5.91 Å². The summed E-state index contributed by atoms with van der Waals surface area (Å²) in [5, 5.41) is 3.50. The number of allylic oxidation sites excluding steroid dienone is 3. The van der Waals surface area contributed by atoms with Gasteiger partial charge < -0.3 is 10.2 Å². The first-order valence-corrected chi connectivity index (χ1v) is 9.01. The molecule has 1 N–H and O–H groups in total. The molecule has 0 unspecified atom stereocenters. The Morgan fingerprint density at radius 3 is 2.42 bits per heavy atom. The highest BCUT2D eigenvalue weighted by Gasteiger charge is 2.22. The van der Waals surface area contributed by atoms with E-state index in [4.69, 9.17) is 11.6 Å². The maximum Gasteiger partial charge on any atom is 0.257 e. The van der Waals surface area contributed by atoms with Gasteiger partial charge in [-0.25, -0.2) is 0 Å². The standard InChI is InChI=1S/C20H27ClN2O/c1-5-18(22-20(24)16-10-6-7-11-17(16)21)15(4)19(14(2)3)23-12-8-9-13-23/h5-7,10-11,14H,8-9,12-13H2,1-4H3,(H,22,24)/b18-5-,19-15+. The molecule has 0 spiro atoms. The number of benzene rings is 1. The maximum absolute atomic E-state index is 12.6. The molecule has 1 aliphatic heterocycles. The Balaban J connectivity index is 2.28. The zero-order chi connectivity index (χ0) is 17.7. The molecule has 1 heterocycles. The number of carbonyl (C=O) groups is 1. The maximum atomic E-state index is 12.6. The van der Waals surface area contributed by atoms with Gasteiger partial charge in [-0.2, -0.15) is 0 Å². The molecular formula is C20H27ClN2O. The molecule has 4 heteroatoms. The van der Waals surface area contributed by atoms with Crippen LogP contribution in [0.4, 0.5) is 0 Å². The van der Waals surface area contributed by atoms with Crippen molar-refractivity contribution < 1.29 is 4.79 Å². The topological polar surface area (TPSA) is 32.3 Å². The molecule has 3 nitrogen and oxygen atoms in total. The molecule has 0 radical (unpaired) electrons. The molecule has 1 fully saturated rings. The molecule has 2 rings (SSSR count). The van der Waals surface area contributed by atoms with E-state index in [1.165, 1.54) is 18.5 Å². The van der Waals surface area contributed by atoms with Gasteiger partial charge in [-0.3, -0.25) is 4.79 Å². The van der Waals surface area contributed by atoms with Crippen LogP contribution >= 0.6 is 11.6 Å². The lowest BCUT2D eigenvalue weighted by molar-refractivity contribution is 0.0966. The Bertz CT molecular complexity index is 655. The second kappa shape index (κ2) is 8.39. The molecule has 1 amide bonds. The second-order valence-electron chi connectivity index (χ2n) is 6.50. The highest BCUT2D eigenvalue weighted by molar-refractivity contribution is 6.33. The number of halogens is 1. The molecule has 1 aromatic carbocycles. The molecule has 1 aliphatic rings. The van der Waals surface area contributed by atoms with E-state index >= 15 is 0 Å². The second-order valence-corrected chi connectivity index (χ2v) is 6.90. The lowest BCUT2D eigenvalue weighted by Gasteiger charge is -2.28. The van der Waals surface area contributed by atoms with Crippen molar-refractivity contribution in [3.63, 3.8) is 0 Å². The van der Waals surface area contributed by atoms with Gasteiger partial charge in [0, 0.05) is 24.5 Å². The van der Waals surface area contributed by atoms with Crippen molar-refractivity contribution in [2.24, 2.45) is 5.92 Å². The van der Waals surface area contributed by atoms with Crippen molar-refractivity contribution in [1.29, 1.82) is 0 Å². The van der Waals surface area contributed by atoms with Crippen molar-refractivity contribution in [3.05, 3.63) is 57.9 Å². The third-order valence-corrected chi connectivity index (χ3v) is 4.77. The van der Waals surface area contributed by atoms with Crippen LogP contribution in [0.1, 0.15) is 50.9 Å². The first kappa shape index (κ1) is 18.6. The quantitative estimate of drug-likeness (QED) is 0.761. The Morgan fingerprint density at radius 1 is 1.25 bits per heavy atom. The summed E-state index contributed by atoms with van der Waals surface area (Å²) in [7, 11) is 0. The molecule has 0 saturated carbocycles. The van der Waals surface area contributed by atoms with Crippen LogP contribution in [0, 0.1) is 5.92 Å². The summed E-state index contributed by atoms with van der Waals surface area (Å²) in [6, 6.07) is 7.12. The van der Waals surface area contributed by atoms with Crippen LogP contribution in [-0.2, 0) is 0 Å². The van der Waals surface area contributed by atoms with Crippen molar-refractivity contribution in [3.8, 4) is 0 Å². The van der Waals surface area contributed by atoms with Gasteiger partial charge in [0.15, 0.2) is 0 Å². The number of carbonyl (C=O) groups excluding carboxylic acids is 1. The fourth-order valence-electron chi connectivity index (χ4n) is 3.35. The van der Waals surface area contributed by atoms with Gasteiger partial charge in [0.05, 0.1) is 10.6 Å². The zero-order valence-corrected chi connectivity index (χ0v) is 15.8. The molecule has 0 aromatic heterocycles. The Kier molecular flexibility index (Phi) is 6.50. The Labute approximate surface area is 150 Å². The minimum Gasteiger partial charge on any atom is -0.374 e. The minimum atomic E-state index is -0.169. The van der Waals surface area contributed by atoms with Crippen molar-refractivity contribution in [2.45, 2.75) is 40.5 Å². The van der Waals surface area contributed by atoms with E-state index in [0.29, 0.717) is 16.5 Å². The van der Waals surface area contributed by atoms with Crippen LogP contribution in [0.2, 0.25) is 5.02 Å². The predicted octanol–water partition coefficient (Wildman–Crippen LogP) is 5.00. The zero-order valence-electron chi connectivity index (χ0n) is 15.0. The van der Waals surface area contributed by atoms with Gasteiger partial charge in [0.25, 0.3) is 5.91 Å². The van der Waals surface area contributed by atoms with Gasteiger partial charge in [-0.15, -0.1) is 0 Å². The normalized spacial score (nSPS) is 16.4. The van der Waals surface area contributed by atoms with Crippen LogP contribution in [0.5, 0.6) is 0 Å². The summed E-state index contributed by atoms with van der Waals surface area (Å²) in [6.07, 6.45) is 4.43. The number of amides is 1. The highest BCUT2D eigenvalue weighted by atomic mass is 35.5. The molecule has 1 saturated heterocycles. The largest absolute Gasteiger partial charge is 0.374 e. The number of likely N-dealkylation sites (tertiary alicyclic amines) is 1. The van der Waals surface area contributed by atoms with Crippen molar-refractivity contribution >= 4 is 17.5 Å². The fraction of sp³-hybridized carbons (Fsp3) is 0.450. The summed E-state index contributed by atoms with van der Waals surface area (Å²) >= 11 is 6.14. The molecule has 0 bridgehead atoms. The monoisotopic (exact) mass is 346 g/mol. The number of hydrogen-bond donors (Lipinski definition) is 1. The van der Waals surface area contributed by atoms with Crippen molar-refractivity contribution in [2.75, 3.05) is 13.1 Å². The summed E-state index contributed by atoms with van der Waals surface area (Å²) in [6.45, 7) is 10.7. The van der Waals surface area contributed by atoms with Gasteiger partial charge >= 0.3 is 0 Å². The number of nitrogens with one attached hydrogen (secondary N) is 1. The number of hydrogen-bond acceptors (Lipinski definition) is 2. The lowest BCUT2D eigenvalue weighted by Crippen LogP contribution is -2.28. The molecule has 130 valence electrons. The smallest absolute Gasteiger partial charge is 0.257 e. The first-order chi connectivity index (χ1) is 11.5. The average molecular weight is 347 g/mol. The highest BCUT2D eigenvalue weighted by Crippen LogP contribution is 2.27. The first-order valence-electron chi connectivity index (χ1n) is 8.64. The third-order valence-electron chi connectivity index (χ3n) is 4.44. The van der Waals surface area contributed by atoms with Crippen LogP contribution in [-0.4, -0.2) is 23.9 Å². The van der Waals surface area contributed by atoms with Crippen molar-refractivity contribution in [1.82, 2.24) is 10.2 Å². The molecule has 0 aliphatic carbocycles. The average Bonchev–Trinajstić information content (AvgIpc) is 3.06. The number of rotatable bonds is 5. The minimum absolute atomic E-state index is 0.169.